The van der Waals surface area contributed by atoms with E-state index < -0.39 is 0 Å². The van der Waals surface area contributed by atoms with Crippen LogP contribution in [0.1, 0.15) is 19.3 Å². The van der Waals surface area contributed by atoms with Crippen LogP contribution in [0.2, 0.25) is 0 Å². The first-order valence-electron chi connectivity index (χ1n) is 4.59. The summed E-state index contributed by atoms with van der Waals surface area (Å²) in [6.45, 7) is 0.915. The number of hydrogen-bond donors (Lipinski definition) is 0. The minimum atomic E-state index is 0.394. The van der Waals surface area contributed by atoms with Crippen molar-refractivity contribution in [2.75, 3.05) is 6.61 Å². The average molecular weight is 192 g/mol. The third kappa shape index (κ3) is 2.60. The summed E-state index contributed by atoms with van der Waals surface area (Å²) in [6.07, 6.45) is 8.95. The molecule has 1 saturated heterocycles. The fourth-order valence-corrected chi connectivity index (χ4v) is 2.57. The predicted octanol–water partition coefficient (Wildman–Crippen LogP) is 0.333. The normalized spacial score (nSPS) is 22.9. The summed E-state index contributed by atoms with van der Waals surface area (Å²) in [5, 5.41) is 1.06. The van der Waals surface area contributed by atoms with E-state index in [0.29, 0.717) is 15.2 Å². The highest BCUT2D eigenvalue weighted by Crippen LogP contribution is 2.10. The van der Waals surface area contributed by atoms with Gasteiger partial charge in [-0.2, -0.15) is 0 Å². The topological polar surface area (TPSA) is 35.0 Å². The summed E-state index contributed by atoms with van der Waals surface area (Å²) in [6, 6.07) is 0. The first-order chi connectivity index (χ1) is 6.45. The number of nitrogens with zero attached hydrogens (tertiary/aromatic N) is 2. The summed E-state index contributed by atoms with van der Waals surface area (Å²) < 4.78 is 5.63. The lowest BCUT2D eigenvalue weighted by molar-refractivity contribution is 0.0660. The van der Waals surface area contributed by atoms with Gasteiger partial charge in [-0.3, -0.25) is 9.97 Å². The average Bonchev–Trinajstić information content (AvgIpc) is 2.21. The summed E-state index contributed by atoms with van der Waals surface area (Å²) in [5.41, 5.74) is 0.394. The van der Waals surface area contributed by atoms with Crippen molar-refractivity contribution in [1.82, 2.24) is 9.97 Å². The molecular formula is C9H12N2OSi. The van der Waals surface area contributed by atoms with Crippen molar-refractivity contribution >= 4 is 14.8 Å². The molecule has 1 atom stereocenters. The number of rotatable bonds is 2. The molecule has 0 bridgehead atoms. The van der Waals surface area contributed by atoms with Crippen molar-refractivity contribution in [3.8, 4) is 0 Å². The maximum atomic E-state index is 5.63. The molecule has 1 unspecified atom stereocenters. The molecular weight excluding hydrogens is 180 g/mol. The Morgan fingerprint density at radius 2 is 2.38 bits per heavy atom. The van der Waals surface area contributed by atoms with E-state index in [1.54, 1.807) is 12.4 Å². The maximum absolute atomic E-state index is 5.63. The van der Waals surface area contributed by atoms with Crippen molar-refractivity contribution in [2.45, 2.75) is 25.0 Å². The van der Waals surface area contributed by atoms with Gasteiger partial charge < -0.3 is 4.74 Å². The quantitative estimate of drug-likeness (QED) is 0.634. The van der Waals surface area contributed by atoms with Gasteiger partial charge >= 0.3 is 0 Å². The van der Waals surface area contributed by atoms with Crippen LogP contribution in [-0.4, -0.2) is 31.8 Å². The van der Waals surface area contributed by atoms with Crippen LogP contribution in [0.15, 0.2) is 18.6 Å². The molecule has 1 aliphatic heterocycles. The first kappa shape index (κ1) is 8.84. The highest BCUT2D eigenvalue weighted by Gasteiger charge is 2.15. The lowest BCUT2D eigenvalue weighted by Crippen LogP contribution is -2.34. The molecule has 13 heavy (non-hydrogen) atoms. The van der Waals surface area contributed by atoms with Crippen LogP contribution in [0.5, 0.6) is 0 Å². The minimum Gasteiger partial charge on any atom is -0.382 e. The van der Waals surface area contributed by atoms with Crippen LogP contribution in [0, 0.1) is 0 Å². The van der Waals surface area contributed by atoms with Crippen molar-refractivity contribution in [2.24, 2.45) is 0 Å². The third-order valence-electron chi connectivity index (χ3n) is 2.05. The Kier molecular flexibility index (Phi) is 3.05. The van der Waals surface area contributed by atoms with E-state index in [9.17, 15) is 0 Å². The summed E-state index contributed by atoms with van der Waals surface area (Å²) in [4.78, 5) is 8.28. The summed E-state index contributed by atoms with van der Waals surface area (Å²) in [5.74, 6) is 0. The van der Waals surface area contributed by atoms with Crippen LogP contribution in [-0.2, 0) is 4.74 Å². The van der Waals surface area contributed by atoms with E-state index in [1.807, 2.05) is 6.20 Å². The highest BCUT2D eigenvalue weighted by atomic mass is 28.2. The second kappa shape index (κ2) is 4.48. The van der Waals surface area contributed by atoms with E-state index in [-0.39, 0.29) is 0 Å². The molecule has 0 amide bonds. The Morgan fingerprint density at radius 1 is 1.38 bits per heavy atom. The molecule has 68 valence electrons. The van der Waals surface area contributed by atoms with E-state index in [4.69, 9.17) is 4.74 Å². The molecule has 0 aliphatic carbocycles. The van der Waals surface area contributed by atoms with Crippen LogP contribution < -0.4 is 5.32 Å². The van der Waals surface area contributed by atoms with E-state index in [2.05, 4.69) is 9.97 Å². The number of hydrogen-bond acceptors (Lipinski definition) is 3. The fourth-order valence-electron chi connectivity index (χ4n) is 1.39. The second-order valence-corrected chi connectivity index (χ2v) is 4.54. The zero-order valence-electron chi connectivity index (χ0n) is 7.44. The van der Waals surface area contributed by atoms with Gasteiger partial charge in [0, 0.05) is 30.5 Å². The fraction of sp³-hybridized carbons (Fsp3) is 0.556. The Hall–Kier alpha value is -0.743. The van der Waals surface area contributed by atoms with Crippen molar-refractivity contribution in [3.05, 3.63) is 18.6 Å². The van der Waals surface area contributed by atoms with Gasteiger partial charge in [0.05, 0.1) is 5.73 Å². The number of ether oxygens (including phenoxy) is 1. The Balaban J connectivity index is 1.90. The summed E-state index contributed by atoms with van der Waals surface area (Å²) >= 11 is 0. The van der Waals surface area contributed by atoms with E-state index in [0.717, 1.165) is 11.9 Å². The van der Waals surface area contributed by atoms with Gasteiger partial charge in [-0.15, -0.1) is 0 Å². The molecule has 4 heteroatoms. The predicted molar refractivity (Wildman–Crippen MR) is 51.0 cm³/mol. The van der Waals surface area contributed by atoms with E-state index >= 15 is 0 Å². The van der Waals surface area contributed by atoms with Gasteiger partial charge in [0.1, 0.15) is 9.52 Å². The zero-order valence-corrected chi connectivity index (χ0v) is 8.44. The van der Waals surface area contributed by atoms with Gasteiger partial charge in [-0.05, 0) is 19.3 Å². The molecule has 0 saturated carbocycles. The molecule has 0 spiro atoms. The maximum Gasteiger partial charge on any atom is 0.147 e. The minimum absolute atomic E-state index is 0.394. The van der Waals surface area contributed by atoms with Crippen molar-refractivity contribution < 1.29 is 4.74 Å². The SMILES string of the molecule is c1cnc([Si]C2CCCCO2)cn1. The van der Waals surface area contributed by atoms with Gasteiger partial charge in [-0.25, -0.2) is 0 Å². The van der Waals surface area contributed by atoms with E-state index in [1.165, 1.54) is 19.3 Å². The monoisotopic (exact) mass is 192 g/mol. The summed E-state index contributed by atoms with van der Waals surface area (Å²) in [7, 11) is 0.658. The molecule has 1 aromatic heterocycles. The molecule has 1 fully saturated rings. The second-order valence-electron chi connectivity index (χ2n) is 3.09. The van der Waals surface area contributed by atoms with Gasteiger partial charge in [0.15, 0.2) is 0 Å². The van der Waals surface area contributed by atoms with Crippen molar-refractivity contribution in [3.63, 3.8) is 0 Å². The lowest BCUT2D eigenvalue weighted by atomic mass is 10.2. The molecule has 2 heterocycles. The standard InChI is InChI=1S/C9H12N2OSi/c1-2-6-12-9(3-1)13-8-7-10-4-5-11-8/h4-5,7,9H,1-3,6H2. The molecule has 1 aromatic rings. The Labute approximate surface area is 80.4 Å². The molecule has 0 aromatic carbocycles. The molecule has 1 aliphatic rings. The molecule has 3 nitrogen and oxygen atoms in total. The Morgan fingerprint density at radius 3 is 3.08 bits per heavy atom. The zero-order chi connectivity index (χ0) is 8.93. The molecule has 0 N–H and O–H groups in total. The van der Waals surface area contributed by atoms with Crippen LogP contribution in [0.4, 0.5) is 0 Å². The van der Waals surface area contributed by atoms with Gasteiger partial charge in [0.25, 0.3) is 0 Å². The Bertz CT molecular complexity index is 249. The number of aromatic nitrogens is 2. The molecule has 2 rings (SSSR count). The van der Waals surface area contributed by atoms with Gasteiger partial charge in [-0.1, -0.05) is 0 Å². The largest absolute Gasteiger partial charge is 0.382 e. The van der Waals surface area contributed by atoms with Gasteiger partial charge in [0.2, 0.25) is 0 Å². The first-order valence-corrected chi connectivity index (χ1v) is 5.67. The van der Waals surface area contributed by atoms with Crippen LogP contribution in [0.25, 0.3) is 0 Å². The highest BCUT2D eigenvalue weighted by molar-refractivity contribution is 6.53. The van der Waals surface area contributed by atoms with Crippen LogP contribution >= 0.6 is 0 Å². The third-order valence-corrected chi connectivity index (χ3v) is 3.38. The van der Waals surface area contributed by atoms with Crippen molar-refractivity contribution in [1.29, 1.82) is 0 Å². The smallest absolute Gasteiger partial charge is 0.147 e. The lowest BCUT2D eigenvalue weighted by Gasteiger charge is -2.21. The molecule has 2 radical (unpaired) electrons. The van der Waals surface area contributed by atoms with Crippen LogP contribution in [0.3, 0.4) is 0 Å².